The van der Waals surface area contributed by atoms with Crippen molar-refractivity contribution in [1.82, 2.24) is 5.32 Å². The number of carbonyl (C=O) groups excluding carboxylic acids is 2. The molecule has 3 N–H and O–H groups in total. The Morgan fingerprint density at radius 3 is 0.726 bits per heavy atom. The van der Waals surface area contributed by atoms with Gasteiger partial charge in [0.05, 0.1) is 25.4 Å². The minimum absolute atomic E-state index is 0.0240. The molecule has 6 nitrogen and oxygen atoms in total. The Morgan fingerprint density at radius 1 is 0.286 bits per heavy atom. The van der Waals surface area contributed by atoms with Gasteiger partial charge in [-0.15, -0.1) is 0 Å². The van der Waals surface area contributed by atoms with Gasteiger partial charge in [0.2, 0.25) is 5.91 Å². The number of aliphatic hydroxyl groups excluding tert-OH is 2. The van der Waals surface area contributed by atoms with Gasteiger partial charge in [-0.25, -0.2) is 0 Å². The lowest BCUT2D eigenvalue weighted by atomic mass is 10.0. The minimum atomic E-state index is -0.662. The third-order valence-electron chi connectivity index (χ3n) is 18.9. The van der Waals surface area contributed by atoms with E-state index in [1.54, 1.807) is 0 Å². The second-order valence-corrected chi connectivity index (χ2v) is 27.4. The number of carbonyl (C=O) groups is 2. The third kappa shape index (κ3) is 70.0. The van der Waals surface area contributed by atoms with E-state index in [2.05, 4.69) is 19.2 Å². The molecule has 0 aliphatic carbocycles. The molecule has 0 aromatic carbocycles. The summed E-state index contributed by atoms with van der Waals surface area (Å²) in [4.78, 5) is 24.7. The number of esters is 1. The summed E-state index contributed by atoms with van der Waals surface area (Å²) in [5.41, 5.74) is 0. The van der Waals surface area contributed by atoms with E-state index in [0.717, 1.165) is 38.5 Å². The number of aliphatic hydroxyl groups is 2. The van der Waals surface area contributed by atoms with E-state index >= 15 is 0 Å². The molecule has 84 heavy (non-hydrogen) atoms. The van der Waals surface area contributed by atoms with Crippen molar-refractivity contribution >= 4 is 11.9 Å². The normalized spacial score (nSPS) is 12.4. The minimum Gasteiger partial charge on any atom is -0.466 e. The predicted octanol–water partition coefficient (Wildman–Crippen LogP) is 25.7. The molecule has 0 saturated heterocycles. The maximum Gasteiger partial charge on any atom is 0.305 e. The van der Waals surface area contributed by atoms with E-state index < -0.39 is 12.1 Å². The molecule has 502 valence electrons. The van der Waals surface area contributed by atoms with Crippen molar-refractivity contribution in [2.45, 2.75) is 475 Å². The SMILES string of the molecule is CCCCCCCCCCCCCCCCCCCCCCCCCC(O)C(CO)NC(=O)CCCCCCCCCCCCCCCCCCCCCCCCCCCCCCCOC(=O)CCCCCCCCCCCCCCCCC. The fraction of sp³-hybridized carbons (Fsp3) is 0.974. The highest BCUT2D eigenvalue weighted by atomic mass is 16.5. The molecule has 6 heteroatoms. The topological polar surface area (TPSA) is 95.9 Å². The van der Waals surface area contributed by atoms with E-state index in [0.29, 0.717) is 25.9 Å². The van der Waals surface area contributed by atoms with Crippen molar-refractivity contribution in [3.8, 4) is 0 Å². The predicted molar refractivity (Wildman–Crippen MR) is 371 cm³/mol. The molecule has 0 rings (SSSR count). The summed E-state index contributed by atoms with van der Waals surface area (Å²) in [7, 11) is 0. The van der Waals surface area contributed by atoms with E-state index in [9.17, 15) is 19.8 Å². The lowest BCUT2D eigenvalue weighted by molar-refractivity contribution is -0.143. The lowest BCUT2D eigenvalue weighted by Gasteiger charge is -2.22. The Bertz CT molecular complexity index is 1230. The van der Waals surface area contributed by atoms with Crippen LogP contribution in [-0.4, -0.2) is 47.4 Å². The van der Waals surface area contributed by atoms with Gasteiger partial charge < -0.3 is 20.3 Å². The van der Waals surface area contributed by atoms with Gasteiger partial charge in [0, 0.05) is 12.8 Å². The van der Waals surface area contributed by atoms with Crippen LogP contribution in [0.15, 0.2) is 0 Å². The van der Waals surface area contributed by atoms with Gasteiger partial charge in [-0.1, -0.05) is 425 Å². The fourth-order valence-electron chi connectivity index (χ4n) is 12.9. The second-order valence-electron chi connectivity index (χ2n) is 27.4. The number of unbranched alkanes of at least 4 members (excludes halogenated alkanes) is 64. The van der Waals surface area contributed by atoms with Crippen LogP contribution in [0.4, 0.5) is 0 Å². The molecule has 2 unspecified atom stereocenters. The summed E-state index contributed by atoms with van der Waals surface area (Å²) in [6, 6.07) is -0.539. The van der Waals surface area contributed by atoms with Crippen LogP contribution in [-0.2, 0) is 14.3 Å². The smallest absolute Gasteiger partial charge is 0.305 e. The Morgan fingerprint density at radius 2 is 0.488 bits per heavy atom. The highest BCUT2D eigenvalue weighted by molar-refractivity contribution is 5.76. The average Bonchev–Trinajstić information content (AvgIpc) is 3.53. The third-order valence-corrected chi connectivity index (χ3v) is 18.9. The van der Waals surface area contributed by atoms with Gasteiger partial charge in [-0.3, -0.25) is 9.59 Å². The molecule has 0 radical (unpaired) electrons. The summed E-state index contributed by atoms with van der Waals surface area (Å²) < 4.78 is 5.51. The van der Waals surface area contributed by atoms with Crippen LogP contribution in [0.3, 0.4) is 0 Å². The van der Waals surface area contributed by atoms with Crippen LogP contribution in [0.2, 0.25) is 0 Å². The molecule has 0 fully saturated rings. The van der Waals surface area contributed by atoms with Crippen LogP contribution in [0.25, 0.3) is 0 Å². The molecule has 0 aliphatic heterocycles. The zero-order chi connectivity index (χ0) is 60.6. The summed E-state index contributed by atoms with van der Waals surface area (Å²) in [6.45, 7) is 5.02. The molecular formula is C78H155NO5. The number of hydrogen-bond acceptors (Lipinski definition) is 5. The summed E-state index contributed by atoms with van der Waals surface area (Å²) in [5, 5.41) is 23.5. The van der Waals surface area contributed by atoms with Crippen LogP contribution >= 0.6 is 0 Å². The Hall–Kier alpha value is -1.14. The molecule has 0 spiro atoms. The van der Waals surface area contributed by atoms with Crippen LogP contribution in [0, 0.1) is 0 Å². The molecule has 2 atom stereocenters. The standard InChI is InChI=1S/C78H155NO5/c1-3-5-7-9-11-13-15-17-19-20-21-22-30-33-36-39-43-46-50-54-58-62-66-70-76(81)75(74-80)79-77(82)71-67-63-59-55-51-47-44-40-37-34-31-28-26-24-23-25-27-29-32-35-38-41-45-49-53-57-61-65-69-73-84-78(83)72-68-64-60-56-52-48-42-18-16-14-12-10-8-6-4-2/h75-76,80-81H,3-74H2,1-2H3,(H,79,82). The number of hydrogen-bond donors (Lipinski definition) is 3. The van der Waals surface area contributed by atoms with Crippen LogP contribution in [0.5, 0.6) is 0 Å². The van der Waals surface area contributed by atoms with Crippen molar-refractivity contribution < 1.29 is 24.5 Å². The largest absolute Gasteiger partial charge is 0.466 e. The summed E-state index contributed by atoms with van der Waals surface area (Å²) >= 11 is 0. The molecule has 0 aromatic heterocycles. The molecule has 0 bridgehead atoms. The van der Waals surface area contributed by atoms with Crippen molar-refractivity contribution in [2.24, 2.45) is 0 Å². The second kappa shape index (κ2) is 74.3. The van der Waals surface area contributed by atoms with Gasteiger partial charge >= 0.3 is 5.97 Å². The van der Waals surface area contributed by atoms with E-state index in [4.69, 9.17) is 4.74 Å². The Balaban J connectivity index is 3.33. The van der Waals surface area contributed by atoms with Crippen LogP contribution in [0.1, 0.15) is 463 Å². The van der Waals surface area contributed by atoms with E-state index in [1.165, 1.54) is 392 Å². The van der Waals surface area contributed by atoms with Gasteiger partial charge in [0.25, 0.3) is 0 Å². The molecule has 0 aliphatic rings. The molecule has 0 saturated carbocycles. The van der Waals surface area contributed by atoms with Gasteiger partial charge in [-0.2, -0.15) is 0 Å². The maximum absolute atomic E-state index is 12.6. The Labute approximate surface area is 527 Å². The van der Waals surface area contributed by atoms with Gasteiger partial charge in [-0.05, 0) is 25.7 Å². The first-order valence-electron chi connectivity index (χ1n) is 39.3. The van der Waals surface area contributed by atoms with Gasteiger partial charge in [0.15, 0.2) is 0 Å². The maximum atomic E-state index is 12.6. The van der Waals surface area contributed by atoms with Crippen molar-refractivity contribution in [3.63, 3.8) is 0 Å². The van der Waals surface area contributed by atoms with E-state index in [1.807, 2.05) is 0 Å². The number of amides is 1. The van der Waals surface area contributed by atoms with Crippen LogP contribution < -0.4 is 5.32 Å². The van der Waals surface area contributed by atoms with Crippen molar-refractivity contribution in [1.29, 1.82) is 0 Å². The molecule has 0 aromatic rings. The molecular weight excluding hydrogens is 1030 g/mol. The van der Waals surface area contributed by atoms with Crippen molar-refractivity contribution in [3.05, 3.63) is 0 Å². The van der Waals surface area contributed by atoms with E-state index in [-0.39, 0.29) is 18.5 Å². The highest BCUT2D eigenvalue weighted by Gasteiger charge is 2.20. The highest BCUT2D eigenvalue weighted by Crippen LogP contribution is 2.21. The number of ether oxygens (including phenoxy) is 1. The lowest BCUT2D eigenvalue weighted by Crippen LogP contribution is -2.45. The summed E-state index contributed by atoms with van der Waals surface area (Å²) in [6.07, 6.45) is 91.9. The molecule has 0 heterocycles. The average molecular weight is 1190 g/mol. The molecule has 1 amide bonds. The zero-order valence-corrected chi connectivity index (χ0v) is 57.7. The van der Waals surface area contributed by atoms with Gasteiger partial charge in [0.1, 0.15) is 0 Å². The number of nitrogens with one attached hydrogen (secondary N) is 1. The first-order valence-corrected chi connectivity index (χ1v) is 39.3. The summed E-state index contributed by atoms with van der Waals surface area (Å²) in [5.74, 6) is -0.000989. The first-order chi connectivity index (χ1) is 41.5. The van der Waals surface area contributed by atoms with Crippen molar-refractivity contribution in [2.75, 3.05) is 13.2 Å². The zero-order valence-electron chi connectivity index (χ0n) is 57.7. The first kappa shape index (κ1) is 82.9. The monoisotopic (exact) mass is 1190 g/mol. The quantitative estimate of drug-likeness (QED) is 0.0417. The number of rotatable bonds is 75. The fourth-order valence-corrected chi connectivity index (χ4v) is 12.9. The Kier molecular flexibility index (Phi) is 73.3.